The summed E-state index contributed by atoms with van der Waals surface area (Å²) < 4.78 is 5.21. The molecule has 3 N–H and O–H groups in total. The quantitative estimate of drug-likeness (QED) is 0.848. The van der Waals surface area contributed by atoms with E-state index in [-0.39, 0.29) is 11.9 Å². The van der Waals surface area contributed by atoms with Gasteiger partial charge < -0.3 is 15.8 Å². The lowest BCUT2D eigenvalue weighted by Crippen LogP contribution is -2.27. The van der Waals surface area contributed by atoms with E-state index in [0.29, 0.717) is 17.0 Å². The largest absolute Gasteiger partial charge is 0.496 e. The summed E-state index contributed by atoms with van der Waals surface area (Å²) in [7, 11) is 1.53. The topological polar surface area (TPSA) is 64.3 Å². The van der Waals surface area contributed by atoms with Gasteiger partial charge in [-0.25, -0.2) is 0 Å². The Bertz CT molecular complexity index is 636. The Kier molecular flexibility index (Phi) is 4.48. The van der Waals surface area contributed by atoms with E-state index in [4.69, 9.17) is 10.5 Å². The maximum atomic E-state index is 12.4. The molecule has 0 radical (unpaired) electrons. The van der Waals surface area contributed by atoms with Crippen LogP contribution < -0.4 is 15.8 Å². The number of benzene rings is 2. The first-order valence-corrected chi connectivity index (χ1v) is 6.82. The highest BCUT2D eigenvalue weighted by atomic mass is 16.5. The van der Waals surface area contributed by atoms with Crippen molar-refractivity contribution in [2.75, 3.05) is 12.8 Å². The third-order valence-corrected chi connectivity index (χ3v) is 3.39. The average molecular weight is 284 g/mol. The second-order valence-corrected chi connectivity index (χ2v) is 5.07. The number of hydrogen-bond acceptors (Lipinski definition) is 3. The van der Waals surface area contributed by atoms with Gasteiger partial charge in [-0.15, -0.1) is 0 Å². The lowest BCUT2D eigenvalue weighted by molar-refractivity contribution is 0.0937. The molecule has 4 heteroatoms. The van der Waals surface area contributed by atoms with Crippen LogP contribution in [0.3, 0.4) is 0 Å². The molecule has 110 valence electrons. The van der Waals surface area contributed by atoms with Gasteiger partial charge >= 0.3 is 0 Å². The number of anilines is 1. The molecule has 2 rings (SSSR count). The molecular formula is C17H20N2O2. The number of hydrogen-bond donors (Lipinski definition) is 2. The molecule has 0 saturated heterocycles. The van der Waals surface area contributed by atoms with Crippen LogP contribution in [0.25, 0.3) is 0 Å². The van der Waals surface area contributed by atoms with E-state index in [1.165, 1.54) is 12.7 Å². The number of aryl methyl sites for hydroxylation is 1. The summed E-state index contributed by atoms with van der Waals surface area (Å²) in [5, 5.41) is 2.96. The Balaban J connectivity index is 2.17. The van der Waals surface area contributed by atoms with E-state index < -0.39 is 0 Å². The monoisotopic (exact) mass is 284 g/mol. The van der Waals surface area contributed by atoms with Gasteiger partial charge in [0.25, 0.3) is 5.91 Å². The molecule has 4 nitrogen and oxygen atoms in total. The Labute approximate surface area is 124 Å². The summed E-state index contributed by atoms with van der Waals surface area (Å²) in [4.78, 5) is 12.4. The molecule has 1 unspecified atom stereocenters. The summed E-state index contributed by atoms with van der Waals surface area (Å²) in [5.41, 5.74) is 8.96. The smallest absolute Gasteiger partial charge is 0.255 e. The molecule has 0 saturated carbocycles. The average Bonchev–Trinajstić information content (AvgIpc) is 2.47. The molecule has 1 atom stereocenters. The number of methoxy groups -OCH3 is 1. The van der Waals surface area contributed by atoms with Crippen molar-refractivity contribution in [3.8, 4) is 5.75 Å². The van der Waals surface area contributed by atoms with Crippen LogP contribution in [0.15, 0.2) is 42.5 Å². The number of nitrogen functional groups attached to an aromatic ring is 1. The zero-order valence-electron chi connectivity index (χ0n) is 12.5. The van der Waals surface area contributed by atoms with Gasteiger partial charge in [0, 0.05) is 5.69 Å². The van der Waals surface area contributed by atoms with Crippen molar-refractivity contribution in [3.05, 3.63) is 59.2 Å². The van der Waals surface area contributed by atoms with E-state index >= 15 is 0 Å². The summed E-state index contributed by atoms with van der Waals surface area (Å²) in [6.45, 7) is 3.98. The first-order chi connectivity index (χ1) is 10.0. The molecule has 21 heavy (non-hydrogen) atoms. The van der Waals surface area contributed by atoms with Gasteiger partial charge in [0.15, 0.2) is 0 Å². The van der Waals surface area contributed by atoms with Crippen molar-refractivity contribution >= 4 is 11.6 Å². The van der Waals surface area contributed by atoms with E-state index in [1.54, 1.807) is 18.2 Å². The van der Waals surface area contributed by atoms with E-state index in [0.717, 1.165) is 5.56 Å². The predicted molar refractivity (Wildman–Crippen MR) is 84.5 cm³/mol. The Morgan fingerprint density at radius 1 is 1.19 bits per heavy atom. The third kappa shape index (κ3) is 3.54. The van der Waals surface area contributed by atoms with Gasteiger partial charge in [0.1, 0.15) is 5.75 Å². The first-order valence-electron chi connectivity index (χ1n) is 6.82. The van der Waals surface area contributed by atoms with Crippen LogP contribution in [0.1, 0.15) is 34.5 Å². The maximum absolute atomic E-state index is 12.4. The van der Waals surface area contributed by atoms with Crippen LogP contribution in [-0.2, 0) is 0 Å². The van der Waals surface area contributed by atoms with Crippen molar-refractivity contribution in [1.29, 1.82) is 0 Å². The molecule has 0 aliphatic rings. The second kappa shape index (κ2) is 6.31. The molecule has 0 aromatic heterocycles. The van der Waals surface area contributed by atoms with Crippen molar-refractivity contribution in [1.82, 2.24) is 5.32 Å². The van der Waals surface area contributed by atoms with Gasteiger partial charge in [-0.2, -0.15) is 0 Å². The zero-order chi connectivity index (χ0) is 15.4. The lowest BCUT2D eigenvalue weighted by atomic mass is 10.1. The number of nitrogens with one attached hydrogen (secondary N) is 1. The van der Waals surface area contributed by atoms with Gasteiger partial charge in [-0.1, -0.05) is 29.8 Å². The lowest BCUT2D eigenvalue weighted by Gasteiger charge is -2.16. The van der Waals surface area contributed by atoms with Crippen LogP contribution in [0.5, 0.6) is 5.75 Å². The highest BCUT2D eigenvalue weighted by molar-refractivity contribution is 5.98. The Hall–Kier alpha value is -2.49. The molecule has 2 aromatic rings. The minimum Gasteiger partial charge on any atom is -0.496 e. The molecular weight excluding hydrogens is 264 g/mol. The highest BCUT2D eigenvalue weighted by Crippen LogP contribution is 2.22. The summed E-state index contributed by atoms with van der Waals surface area (Å²) >= 11 is 0. The minimum atomic E-state index is -0.202. The molecule has 2 aromatic carbocycles. The number of amides is 1. The molecule has 1 amide bonds. The SMILES string of the molecule is COc1ccc(N)cc1C(=O)NC(C)c1ccc(C)cc1. The fourth-order valence-corrected chi connectivity index (χ4v) is 2.12. The predicted octanol–water partition coefficient (Wildman–Crippen LogP) is 3.08. The van der Waals surface area contributed by atoms with Crippen LogP contribution in [-0.4, -0.2) is 13.0 Å². The Morgan fingerprint density at radius 3 is 2.48 bits per heavy atom. The number of carbonyl (C=O) groups is 1. The highest BCUT2D eigenvalue weighted by Gasteiger charge is 2.15. The molecule has 0 fully saturated rings. The van der Waals surface area contributed by atoms with Gasteiger partial charge in [0.2, 0.25) is 0 Å². The van der Waals surface area contributed by atoms with E-state index in [1.807, 2.05) is 38.1 Å². The van der Waals surface area contributed by atoms with Crippen molar-refractivity contribution in [3.63, 3.8) is 0 Å². The summed E-state index contributed by atoms with van der Waals surface area (Å²) in [6, 6.07) is 13.0. The standard InChI is InChI=1S/C17H20N2O2/c1-11-4-6-13(7-5-11)12(2)19-17(20)15-10-14(18)8-9-16(15)21-3/h4-10,12H,18H2,1-3H3,(H,19,20). The second-order valence-electron chi connectivity index (χ2n) is 5.07. The van der Waals surface area contributed by atoms with Crippen molar-refractivity contribution < 1.29 is 9.53 Å². The van der Waals surface area contributed by atoms with Crippen LogP contribution in [0, 0.1) is 6.92 Å². The maximum Gasteiger partial charge on any atom is 0.255 e. The van der Waals surface area contributed by atoms with E-state index in [2.05, 4.69) is 5.32 Å². The first kappa shape index (κ1) is 14.9. The fourth-order valence-electron chi connectivity index (χ4n) is 2.12. The number of rotatable bonds is 4. The molecule has 0 aliphatic carbocycles. The molecule has 0 heterocycles. The van der Waals surface area contributed by atoms with Gasteiger partial charge in [-0.05, 0) is 37.6 Å². The number of carbonyl (C=O) groups excluding carboxylic acids is 1. The van der Waals surface area contributed by atoms with Crippen molar-refractivity contribution in [2.45, 2.75) is 19.9 Å². The molecule has 0 spiro atoms. The van der Waals surface area contributed by atoms with Gasteiger partial charge in [0.05, 0.1) is 18.7 Å². The van der Waals surface area contributed by atoms with Crippen LogP contribution in [0.2, 0.25) is 0 Å². The summed E-state index contributed by atoms with van der Waals surface area (Å²) in [5.74, 6) is 0.310. The van der Waals surface area contributed by atoms with Gasteiger partial charge in [-0.3, -0.25) is 4.79 Å². The minimum absolute atomic E-state index is 0.0933. The van der Waals surface area contributed by atoms with E-state index in [9.17, 15) is 4.79 Å². The van der Waals surface area contributed by atoms with Crippen molar-refractivity contribution in [2.24, 2.45) is 0 Å². The normalized spacial score (nSPS) is 11.8. The zero-order valence-corrected chi connectivity index (χ0v) is 12.5. The van der Waals surface area contributed by atoms with Crippen LogP contribution in [0.4, 0.5) is 5.69 Å². The Morgan fingerprint density at radius 2 is 1.86 bits per heavy atom. The molecule has 0 bridgehead atoms. The number of ether oxygens (including phenoxy) is 1. The van der Waals surface area contributed by atoms with Crippen LogP contribution >= 0.6 is 0 Å². The third-order valence-electron chi connectivity index (χ3n) is 3.39. The summed E-state index contributed by atoms with van der Waals surface area (Å²) in [6.07, 6.45) is 0. The molecule has 0 aliphatic heterocycles. The fraction of sp³-hybridized carbons (Fsp3) is 0.235. The number of nitrogens with two attached hydrogens (primary N) is 1.